The first-order chi connectivity index (χ1) is 22.0. The van der Waals surface area contributed by atoms with Gasteiger partial charge in [0.05, 0.1) is 11.4 Å². The predicted molar refractivity (Wildman–Crippen MR) is 182 cm³/mol. The van der Waals surface area contributed by atoms with Crippen molar-refractivity contribution in [3.63, 3.8) is 0 Å². The molecular formula is C39H49N3O3. The van der Waals surface area contributed by atoms with Gasteiger partial charge in [-0.15, -0.1) is 0 Å². The molecule has 1 saturated heterocycles. The smallest absolute Gasteiger partial charge is 0.197 e. The number of hydrogen-bond donors (Lipinski definition) is 2. The van der Waals surface area contributed by atoms with Crippen LogP contribution in [0, 0.1) is 18.8 Å². The summed E-state index contributed by atoms with van der Waals surface area (Å²) in [7, 11) is 0. The number of rotatable bonds is 15. The van der Waals surface area contributed by atoms with E-state index in [1.807, 2.05) is 12.1 Å². The Labute approximate surface area is 268 Å². The zero-order valence-corrected chi connectivity index (χ0v) is 26.8. The van der Waals surface area contributed by atoms with E-state index in [0.29, 0.717) is 41.3 Å². The Hall–Kier alpha value is -3.64. The van der Waals surface area contributed by atoms with Crippen molar-refractivity contribution in [2.45, 2.75) is 96.1 Å². The fraction of sp³-hybridized carbons (Fsp3) is 0.487. The van der Waals surface area contributed by atoms with E-state index >= 15 is 0 Å². The average Bonchev–Trinajstić information content (AvgIpc) is 3.80. The van der Waals surface area contributed by atoms with Crippen LogP contribution in [0.3, 0.4) is 0 Å². The van der Waals surface area contributed by atoms with E-state index in [-0.39, 0.29) is 5.78 Å². The Bertz CT molecular complexity index is 1480. The van der Waals surface area contributed by atoms with Gasteiger partial charge in [-0.1, -0.05) is 61.4 Å². The Morgan fingerprint density at radius 1 is 1.04 bits per heavy atom. The lowest BCUT2D eigenvalue weighted by Crippen LogP contribution is -2.34. The molecule has 2 aliphatic carbocycles. The lowest BCUT2D eigenvalue weighted by molar-refractivity contribution is 0.0979. The normalized spacial score (nSPS) is 19.2. The molecule has 6 rings (SSSR count). The zero-order chi connectivity index (χ0) is 31.0. The van der Waals surface area contributed by atoms with E-state index < -0.39 is 6.23 Å². The molecule has 45 heavy (non-hydrogen) atoms. The van der Waals surface area contributed by atoms with Crippen LogP contribution in [-0.2, 0) is 6.42 Å². The van der Waals surface area contributed by atoms with Gasteiger partial charge in [0.1, 0.15) is 12.0 Å². The number of allylic oxidation sites excluding steroid dienone is 4. The molecule has 2 unspecified atom stereocenters. The Morgan fingerprint density at radius 2 is 1.89 bits per heavy atom. The Morgan fingerprint density at radius 3 is 2.67 bits per heavy atom. The minimum Gasteiger partial charge on any atom is -0.448 e. The highest BCUT2D eigenvalue weighted by atomic mass is 16.3. The van der Waals surface area contributed by atoms with Crippen molar-refractivity contribution < 1.29 is 14.3 Å². The highest BCUT2D eigenvalue weighted by Gasteiger charge is 2.30. The summed E-state index contributed by atoms with van der Waals surface area (Å²) in [6, 6.07) is 14.7. The number of hydrogen-bond acceptors (Lipinski definition) is 6. The molecule has 6 nitrogen and oxygen atoms in total. The molecule has 1 aromatic heterocycles. The van der Waals surface area contributed by atoms with Gasteiger partial charge in [0, 0.05) is 31.0 Å². The summed E-state index contributed by atoms with van der Waals surface area (Å²) in [6.07, 6.45) is 22.1. The molecule has 2 fully saturated rings. The number of unbranched alkanes of at least 4 members (excludes halogenated alkanes) is 2. The van der Waals surface area contributed by atoms with Gasteiger partial charge < -0.3 is 19.7 Å². The maximum Gasteiger partial charge on any atom is 0.197 e. The summed E-state index contributed by atoms with van der Waals surface area (Å²) in [6.45, 7) is 4.12. The number of aryl methyl sites for hydroxylation is 2. The molecule has 2 N–H and O–H groups in total. The second-order valence-electron chi connectivity index (χ2n) is 13.4. The lowest BCUT2D eigenvalue weighted by atomic mass is 9.89. The molecule has 2 heterocycles. The van der Waals surface area contributed by atoms with Crippen molar-refractivity contribution in [1.29, 1.82) is 0 Å². The predicted octanol–water partition coefficient (Wildman–Crippen LogP) is 9.08. The van der Waals surface area contributed by atoms with Gasteiger partial charge in [-0.05, 0) is 106 Å². The topological polar surface area (TPSA) is 78.6 Å². The summed E-state index contributed by atoms with van der Waals surface area (Å²) < 4.78 is 5.65. The van der Waals surface area contributed by atoms with E-state index in [1.54, 1.807) is 6.26 Å². The maximum absolute atomic E-state index is 13.3. The largest absolute Gasteiger partial charge is 0.448 e. The quantitative estimate of drug-likeness (QED) is 0.102. The van der Waals surface area contributed by atoms with Crippen LogP contribution < -0.4 is 10.2 Å². The standard InChI is InChI=1S/C39H49N3O3/c1-28-10-8-9-14-31(28)17-16-30-22-24-42(25-23-30)36-21-20-33(37(43)15-7-3-6-13-29-11-4-2-5-12-29)26-34(36)40-38(44)35-27-45-39(41-35)32-18-19-32/h2,4-5,8-11,14,20-21,26-27,29-30,32,38,40,44H,3,6-7,12-13,15-19,22-25H2,1H3. The third-order valence-corrected chi connectivity index (χ3v) is 9.94. The second-order valence-corrected chi connectivity index (χ2v) is 13.4. The van der Waals surface area contributed by atoms with E-state index in [0.717, 1.165) is 82.3 Å². The number of nitrogens with zero attached hydrogens (tertiary/aromatic N) is 2. The zero-order valence-electron chi connectivity index (χ0n) is 26.8. The van der Waals surface area contributed by atoms with Crippen molar-refractivity contribution in [1.82, 2.24) is 4.98 Å². The minimum atomic E-state index is -1.01. The Balaban J connectivity index is 1.08. The summed E-state index contributed by atoms with van der Waals surface area (Å²) in [5, 5.41) is 14.4. The molecule has 2 aromatic carbocycles. The van der Waals surface area contributed by atoms with Crippen molar-refractivity contribution >= 4 is 17.2 Å². The van der Waals surface area contributed by atoms with Gasteiger partial charge >= 0.3 is 0 Å². The van der Waals surface area contributed by atoms with Gasteiger partial charge in [0.15, 0.2) is 17.9 Å². The first-order valence-corrected chi connectivity index (χ1v) is 17.2. The number of benzene rings is 2. The highest BCUT2D eigenvalue weighted by molar-refractivity contribution is 5.98. The molecule has 0 bridgehead atoms. The van der Waals surface area contributed by atoms with Crippen LogP contribution in [0.25, 0.3) is 0 Å². The van der Waals surface area contributed by atoms with Gasteiger partial charge in [-0.2, -0.15) is 0 Å². The number of anilines is 2. The van der Waals surface area contributed by atoms with E-state index in [2.05, 4.69) is 76.8 Å². The fourth-order valence-corrected chi connectivity index (χ4v) is 6.84. The number of Topliss-reactive ketones (excluding diaryl/α,β-unsaturated/α-hetero) is 1. The van der Waals surface area contributed by atoms with E-state index in [9.17, 15) is 9.90 Å². The molecule has 0 radical (unpaired) electrons. The van der Waals surface area contributed by atoms with Crippen molar-refractivity contribution in [2.75, 3.05) is 23.3 Å². The summed E-state index contributed by atoms with van der Waals surface area (Å²) in [4.78, 5) is 20.3. The van der Waals surface area contributed by atoms with Crippen LogP contribution in [0.15, 0.2) is 77.4 Å². The SMILES string of the molecule is Cc1ccccc1CCC1CCN(c2ccc(C(=O)CCCCCC3C=CC=CC3)cc2NC(O)c2coc(C3CC3)n2)CC1. The molecule has 3 aliphatic rings. The molecule has 1 aliphatic heterocycles. The maximum atomic E-state index is 13.3. The number of aliphatic hydroxyl groups excluding tert-OH is 1. The number of nitrogens with one attached hydrogen (secondary N) is 1. The number of piperidine rings is 1. The van der Waals surface area contributed by atoms with Crippen LogP contribution in [0.2, 0.25) is 0 Å². The number of oxazole rings is 1. The number of ketones is 1. The van der Waals surface area contributed by atoms with E-state index in [1.165, 1.54) is 24.0 Å². The van der Waals surface area contributed by atoms with Gasteiger partial charge in [-0.3, -0.25) is 4.79 Å². The van der Waals surface area contributed by atoms with Crippen molar-refractivity contribution in [2.24, 2.45) is 11.8 Å². The molecule has 6 heteroatoms. The number of carbonyl (C=O) groups excluding carboxylic acids is 1. The summed E-state index contributed by atoms with van der Waals surface area (Å²) in [5.74, 6) is 2.59. The highest BCUT2D eigenvalue weighted by Crippen LogP contribution is 2.40. The number of aromatic nitrogens is 1. The molecule has 3 aromatic rings. The first-order valence-electron chi connectivity index (χ1n) is 17.2. The molecule has 2 atom stereocenters. The van der Waals surface area contributed by atoms with Crippen molar-refractivity contribution in [3.8, 4) is 0 Å². The van der Waals surface area contributed by atoms with Crippen LogP contribution in [0.1, 0.15) is 116 Å². The van der Waals surface area contributed by atoms with Gasteiger partial charge in [0.2, 0.25) is 0 Å². The average molecular weight is 608 g/mol. The minimum absolute atomic E-state index is 0.159. The third kappa shape index (κ3) is 8.55. The fourth-order valence-electron chi connectivity index (χ4n) is 6.84. The van der Waals surface area contributed by atoms with Crippen LogP contribution in [-0.4, -0.2) is 29.0 Å². The van der Waals surface area contributed by atoms with E-state index in [4.69, 9.17) is 4.42 Å². The molecule has 0 amide bonds. The summed E-state index contributed by atoms with van der Waals surface area (Å²) in [5.41, 5.74) is 5.82. The monoisotopic (exact) mass is 607 g/mol. The third-order valence-electron chi connectivity index (χ3n) is 9.94. The van der Waals surface area contributed by atoms with Crippen molar-refractivity contribution in [3.05, 3.63) is 101 Å². The molecular weight excluding hydrogens is 558 g/mol. The molecule has 238 valence electrons. The Kier molecular flexibility index (Phi) is 10.5. The summed E-state index contributed by atoms with van der Waals surface area (Å²) >= 11 is 0. The first kappa shape index (κ1) is 31.3. The molecule has 1 saturated carbocycles. The number of carbonyl (C=O) groups is 1. The number of aliphatic hydroxyl groups is 1. The van der Waals surface area contributed by atoms with Crippen LogP contribution >= 0.6 is 0 Å². The molecule has 0 spiro atoms. The van der Waals surface area contributed by atoms with Crippen LogP contribution in [0.5, 0.6) is 0 Å². The van der Waals surface area contributed by atoms with Crippen LogP contribution in [0.4, 0.5) is 11.4 Å². The lowest BCUT2D eigenvalue weighted by Gasteiger charge is -2.35. The van der Waals surface area contributed by atoms with Gasteiger partial charge in [-0.25, -0.2) is 4.98 Å². The van der Waals surface area contributed by atoms with Gasteiger partial charge in [0.25, 0.3) is 0 Å². The second kappa shape index (κ2) is 15.1.